The lowest BCUT2D eigenvalue weighted by atomic mass is 9.58. The summed E-state index contributed by atoms with van der Waals surface area (Å²) in [5.41, 5.74) is 13.3. The van der Waals surface area contributed by atoms with E-state index >= 15 is 0 Å². The van der Waals surface area contributed by atoms with E-state index in [2.05, 4.69) is 37.1 Å². The number of rotatable bonds is 16. The molecule has 2 aliphatic carbocycles. The van der Waals surface area contributed by atoms with E-state index in [0.29, 0.717) is 31.8 Å². The summed E-state index contributed by atoms with van der Waals surface area (Å²) in [6.45, 7) is 16.5. The van der Waals surface area contributed by atoms with Crippen LogP contribution in [0, 0.1) is 24.7 Å². The van der Waals surface area contributed by atoms with Gasteiger partial charge in [-0.3, -0.25) is 4.90 Å². The van der Waals surface area contributed by atoms with E-state index in [1.54, 1.807) is 28.4 Å². The molecule has 1 aromatic rings. The van der Waals surface area contributed by atoms with Crippen LogP contribution in [0.5, 0.6) is 0 Å². The molecule has 0 saturated heterocycles. The number of hydrogen-bond donors (Lipinski definition) is 3. The van der Waals surface area contributed by atoms with Crippen LogP contribution >= 0.6 is 0 Å². The van der Waals surface area contributed by atoms with Crippen molar-refractivity contribution in [2.75, 3.05) is 62.2 Å². The summed E-state index contributed by atoms with van der Waals surface area (Å²) in [5, 5.41) is 23.1. The van der Waals surface area contributed by atoms with Gasteiger partial charge in [-0.2, -0.15) is 0 Å². The number of aryl methyl sites for hydroxylation is 1. The van der Waals surface area contributed by atoms with Crippen molar-refractivity contribution in [2.24, 2.45) is 23.5 Å². The van der Waals surface area contributed by atoms with Crippen LogP contribution in [-0.2, 0) is 31.9 Å². The molecule has 3 rings (SSSR count). The van der Waals surface area contributed by atoms with E-state index in [1.165, 1.54) is 11.1 Å². The van der Waals surface area contributed by atoms with E-state index < -0.39 is 18.2 Å². The molecular weight excluding hydrogens is 558 g/mol. The first-order chi connectivity index (χ1) is 20.8. The summed E-state index contributed by atoms with van der Waals surface area (Å²) in [6.07, 6.45) is 1.18. The quantitative estimate of drug-likeness (QED) is 0.240. The van der Waals surface area contributed by atoms with Crippen LogP contribution in [0.3, 0.4) is 0 Å². The molecule has 0 aliphatic heterocycles. The van der Waals surface area contributed by atoms with E-state index in [1.807, 2.05) is 32.8 Å². The van der Waals surface area contributed by atoms with Crippen molar-refractivity contribution in [1.29, 1.82) is 0 Å². The molecule has 1 unspecified atom stereocenters. The van der Waals surface area contributed by atoms with Crippen LogP contribution in [0.1, 0.15) is 48.9 Å². The molecule has 2 aliphatic rings. The summed E-state index contributed by atoms with van der Waals surface area (Å²) >= 11 is 0. The highest BCUT2D eigenvalue weighted by Crippen LogP contribution is 2.54. The van der Waals surface area contributed by atoms with Gasteiger partial charge in [0.2, 0.25) is 0 Å². The number of methoxy groups -OCH3 is 4. The van der Waals surface area contributed by atoms with Crippen LogP contribution in [0.4, 0.5) is 0 Å². The molecule has 0 saturated carbocycles. The van der Waals surface area contributed by atoms with E-state index in [9.17, 15) is 10.2 Å². The summed E-state index contributed by atoms with van der Waals surface area (Å²) in [7, 11) is 10.5. The molecule has 0 spiro atoms. The molecule has 0 amide bonds. The van der Waals surface area contributed by atoms with E-state index in [0.717, 1.165) is 40.7 Å². The minimum absolute atomic E-state index is 0.0511. The number of allylic oxidation sites excluding steroid dienone is 3. The van der Waals surface area contributed by atoms with Gasteiger partial charge in [-0.15, -0.1) is 0 Å². The maximum atomic E-state index is 12.6. The van der Waals surface area contributed by atoms with E-state index in [-0.39, 0.29) is 30.4 Å². The van der Waals surface area contributed by atoms with Gasteiger partial charge in [0.15, 0.2) is 12.6 Å². The lowest BCUT2D eigenvalue weighted by Gasteiger charge is -2.52. The molecule has 9 heteroatoms. The molecule has 9 nitrogen and oxygen atoms in total. The Labute approximate surface area is 265 Å². The first-order valence-corrected chi connectivity index (χ1v) is 15.6. The molecule has 4 N–H and O–H groups in total. The maximum absolute atomic E-state index is 12.6. The van der Waals surface area contributed by atoms with Crippen molar-refractivity contribution < 1.29 is 29.2 Å². The fraction of sp³-hybridized carbons (Fsp3) is 0.657. The average Bonchev–Trinajstić information content (AvgIpc) is 2.98. The van der Waals surface area contributed by atoms with Crippen molar-refractivity contribution in [3.63, 3.8) is 0 Å². The monoisotopic (exact) mass is 615 g/mol. The van der Waals surface area contributed by atoms with Crippen molar-refractivity contribution in [1.82, 2.24) is 9.80 Å². The number of benzene rings is 1. The molecular formula is C35H57N3O6. The van der Waals surface area contributed by atoms with Crippen LogP contribution in [0.2, 0.25) is 0 Å². The Morgan fingerprint density at radius 2 is 1.64 bits per heavy atom. The topological polar surface area (TPSA) is 110 Å². The van der Waals surface area contributed by atoms with Gasteiger partial charge < -0.3 is 39.8 Å². The standard InChI is InChI=1S/C35H57N3O6/c1-21-12-13-26(17-38(18-31(41-8)42-9)19-32(43-10)44-11)28-14-27-15-29(30(20-39)37(6)7)35(40,16-22(2)25(5)36)24(4)34(27)23(3)33(21)28/h12-13,22,27,29-32,39-40H,3,5,14-20,36H2,1-2,4,6-11H3/t22?,27-,29-,30-,35+/m0/s1. The molecule has 44 heavy (non-hydrogen) atoms. The second kappa shape index (κ2) is 15.5. The molecule has 5 atom stereocenters. The number of hydrogen-bond acceptors (Lipinski definition) is 9. The molecule has 248 valence electrons. The van der Waals surface area contributed by atoms with Gasteiger partial charge in [-0.05, 0) is 98.0 Å². The predicted molar refractivity (Wildman–Crippen MR) is 176 cm³/mol. The van der Waals surface area contributed by atoms with E-state index in [4.69, 9.17) is 24.7 Å². The molecule has 1 aromatic carbocycles. The number of nitrogens with zero attached hydrogens (tertiary/aromatic N) is 2. The number of aliphatic hydroxyl groups excluding tert-OH is 1. The molecule has 0 radical (unpaired) electrons. The number of fused-ring (bicyclic) bond motifs is 2. The number of aliphatic hydroxyl groups is 2. The number of ether oxygens (including phenoxy) is 4. The van der Waals surface area contributed by atoms with Gasteiger partial charge in [0.1, 0.15) is 0 Å². The highest BCUT2D eigenvalue weighted by molar-refractivity contribution is 5.85. The summed E-state index contributed by atoms with van der Waals surface area (Å²) < 4.78 is 22.2. The van der Waals surface area contributed by atoms with Gasteiger partial charge in [-0.25, -0.2) is 0 Å². The Hall–Kier alpha value is -2.08. The highest BCUT2D eigenvalue weighted by atomic mass is 16.7. The lowest BCUT2D eigenvalue weighted by molar-refractivity contribution is -0.145. The summed E-state index contributed by atoms with van der Waals surface area (Å²) in [4.78, 5) is 4.26. The fourth-order valence-electron chi connectivity index (χ4n) is 7.47. The zero-order chi connectivity index (χ0) is 32.9. The first kappa shape index (κ1) is 36.4. The SMILES string of the molecule is C=C1C2=C(C)[C@](O)(CC(C)C(=C)N)[C@H]([C@H](CO)N(C)C)C[C@@H]2Cc2c(CN(CC(OC)OC)CC(OC)OC)ccc(C)c21. The molecule has 0 aromatic heterocycles. The van der Waals surface area contributed by atoms with Crippen molar-refractivity contribution in [3.8, 4) is 0 Å². The Morgan fingerprint density at radius 3 is 2.11 bits per heavy atom. The minimum Gasteiger partial charge on any atom is -0.402 e. The van der Waals surface area contributed by atoms with Crippen LogP contribution < -0.4 is 5.73 Å². The Bertz CT molecular complexity index is 1180. The lowest BCUT2D eigenvalue weighted by Crippen LogP contribution is -2.56. The maximum Gasteiger partial charge on any atom is 0.169 e. The van der Waals surface area contributed by atoms with Crippen LogP contribution in [0.15, 0.2) is 42.1 Å². The number of likely N-dealkylation sites (N-methyl/N-ethyl adjacent to an activating group) is 1. The fourth-order valence-corrected chi connectivity index (χ4v) is 7.47. The first-order valence-electron chi connectivity index (χ1n) is 15.6. The van der Waals surface area contributed by atoms with Crippen molar-refractivity contribution in [3.05, 3.63) is 64.4 Å². The predicted octanol–water partition coefficient (Wildman–Crippen LogP) is 3.71. The Morgan fingerprint density at radius 1 is 1.07 bits per heavy atom. The molecule has 0 fully saturated rings. The van der Waals surface area contributed by atoms with Crippen LogP contribution in [-0.4, -0.2) is 106 Å². The minimum atomic E-state index is -1.17. The smallest absolute Gasteiger partial charge is 0.169 e. The van der Waals surface area contributed by atoms with Crippen LogP contribution in [0.25, 0.3) is 5.57 Å². The van der Waals surface area contributed by atoms with Gasteiger partial charge in [-0.1, -0.05) is 32.2 Å². The molecule has 0 bridgehead atoms. The third-order valence-corrected chi connectivity index (χ3v) is 10.1. The zero-order valence-electron chi connectivity index (χ0n) is 28.5. The second-order valence-electron chi connectivity index (χ2n) is 13.0. The molecule has 0 heterocycles. The third-order valence-electron chi connectivity index (χ3n) is 10.1. The summed E-state index contributed by atoms with van der Waals surface area (Å²) in [5.74, 6) is -0.146. The normalized spacial score (nSPS) is 23.5. The van der Waals surface area contributed by atoms with Gasteiger partial charge in [0.25, 0.3) is 0 Å². The average molecular weight is 616 g/mol. The highest BCUT2D eigenvalue weighted by Gasteiger charge is 2.51. The third kappa shape index (κ3) is 7.48. The van der Waals surface area contributed by atoms with Gasteiger partial charge in [0, 0.05) is 52.6 Å². The van der Waals surface area contributed by atoms with Gasteiger partial charge in [0.05, 0.1) is 25.3 Å². The Balaban J connectivity index is 2.13. The number of nitrogens with two attached hydrogens (primary N) is 1. The summed E-state index contributed by atoms with van der Waals surface area (Å²) in [6, 6.07) is 4.14. The van der Waals surface area contributed by atoms with Crippen molar-refractivity contribution >= 4 is 5.57 Å². The van der Waals surface area contributed by atoms with Crippen molar-refractivity contribution in [2.45, 2.75) is 70.8 Å². The largest absolute Gasteiger partial charge is 0.402 e. The zero-order valence-corrected chi connectivity index (χ0v) is 28.5. The second-order valence-corrected chi connectivity index (χ2v) is 13.0. The van der Waals surface area contributed by atoms with Gasteiger partial charge >= 0.3 is 0 Å². The Kier molecular flexibility index (Phi) is 12.8.